The fraction of sp³-hybridized carbons (Fsp3) is 1.00. The van der Waals surface area contributed by atoms with Crippen LogP contribution in [0.2, 0.25) is 0 Å². The molecular formula is C14H26N2O. The Morgan fingerprint density at radius 1 is 1.06 bits per heavy atom. The number of hydrogen-bond acceptors (Lipinski definition) is 3. The normalized spacial score (nSPS) is 26.6. The van der Waals surface area contributed by atoms with Crippen LogP contribution in [0.1, 0.15) is 25.7 Å². The van der Waals surface area contributed by atoms with Gasteiger partial charge in [0, 0.05) is 26.2 Å². The molecule has 0 bridgehead atoms. The molecule has 0 atom stereocenters. The molecule has 3 rings (SSSR count). The van der Waals surface area contributed by atoms with Gasteiger partial charge in [-0.1, -0.05) is 0 Å². The fourth-order valence-corrected chi connectivity index (χ4v) is 3.10. The number of ether oxygens (including phenoxy) is 1. The summed E-state index contributed by atoms with van der Waals surface area (Å²) in [4.78, 5) is 2.51. The Labute approximate surface area is 105 Å². The van der Waals surface area contributed by atoms with E-state index in [1.165, 1.54) is 38.8 Å². The highest BCUT2D eigenvalue weighted by Crippen LogP contribution is 2.48. The number of morpholine rings is 1. The minimum atomic E-state index is 0.923. The molecule has 0 spiro atoms. The first-order chi connectivity index (χ1) is 8.43. The molecular weight excluding hydrogens is 212 g/mol. The van der Waals surface area contributed by atoms with Crippen molar-refractivity contribution in [3.63, 3.8) is 0 Å². The molecule has 0 unspecified atom stereocenters. The van der Waals surface area contributed by atoms with Gasteiger partial charge < -0.3 is 10.1 Å². The van der Waals surface area contributed by atoms with Gasteiger partial charge in [0.25, 0.3) is 0 Å². The lowest BCUT2D eigenvalue weighted by Crippen LogP contribution is -2.41. The van der Waals surface area contributed by atoms with E-state index in [1.807, 2.05) is 0 Å². The lowest BCUT2D eigenvalue weighted by molar-refractivity contribution is 0.0383. The first-order valence-corrected chi connectivity index (χ1v) is 7.44. The molecule has 1 aliphatic heterocycles. The largest absolute Gasteiger partial charge is 0.379 e. The van der Waals surface area contributed by atoms with Crippen molar-refractivity contribution >= 4 is 0 Å². The molecule has 0 amide bonds. The molecule has 0 aromatic carbocycles. The Morgan fingerprint density at radius 2 is 1.71 bits per heavy atom. The molecule has 2 saturated carbocycles. The van der Waals surface area contributed by atoms with Crippen molar-refractivity contribution in [3.8, 4) is 0 Å². The highest BCUT2D eigenvalue weighted by molar-refractivity contribution is 4.92. The van der Waals surface area contributed by atoms with Crippen LogP contribution in [-0.2, 0) is 4.74 Å². The molecule has 0 radical (unpaired) electrons. The average Bonchev–Trinajstić information content (AvgIpc) is 3.24. The maximum Gasteiger partial charge on any atom is 0.0594 e. The fourth-order valence-electron chi connectivity index (χ4n) is 3.10. The first kappa shape index (κ1) is 11.9. The van der Waals surface area contributed by atoms with Crippen LogP contribution >= 0.6 is 0 Å². The van der Waals surface area contributed by atoms with Crippen molar-refractivity contribution in [3.05, 3.63) is 0 Å². The summed E-state index contributed by atoms with van der Waals surface area (Å²) in [7, 11) is 0. The van der Waals surface area contributed by atoms with Crippen molar-refractivity contribution in [2.45, 2.75) is 25.7 Å². The molecule has 3 heteroatoms. The zero-order valence-corrected chi connectivity index (χ0v) is 10.9. The molecule has 1 saturated heterocycles. The molecule has 0 aromatic rings. The summed E-state index contributed by atoms with van der Waals surface area (Å²) in [5, 5.41) is 3.69. The van der Waals surface area contributed by atoms with Crippen molar-refractivity contribution in [2.75, 3.05) is 45.9 Å². The Balaban J connectivity index is 1.28. The van der Waals surface area contributed by atoms with Gasteiger partial charge in [-0.2, -0.15) is 0 Å². The third kappa shape index (κ3) is 3.67. The van der Waals surface area contributed by atoms with Crippen LogP contribution in [0.5, 0.6) is 0 Å². The maximum absolute atomic E-state index is 5.36. The Hall–Kier alpha value is -0.120. The summed E-state index contributed by atoms with van der Waals surface area (Å²) >= 11 is 0. The van der Waals surface area contributed by atoms with Gasteiger partial charge in [-0.25, -0.2) is 0 Å². The predicted molar refractivity (Wildman–Crippen MR) is 69.1 cm³/mol. The molecule has 17 heavy (non-hydrogen) atoms. The smallest absolute Gasteiger partial charge is 0.0594 e. The first-order valence-electron chi connectivity index (χ1n) is 7.44. The Bertz CT molecular complexity index is 220. The highest BCUT2D eigenvalue weighted by Gasteiger charge is 2.40. The molecule has 1 heterocycles. The predicted octanol–water partition coefficient (Wildman–Crippen LogP) is 1.34. The molecule has 3 aliphatic rings. The van der Waals surface area contributed by atoms with Crippen LogP contribution in [0.3, 0.4) is 0 Å². The standard InChI is InChI=1S/C14H26N2O/c1-2-12(1)14(13-3-4-13)11-15-5-6-16-7-9-17-10-8-16/h12-15H,1-11H2. The van der Waals surface area contributed by atoms with Crippen LogP contribution in [0, 0.1) is 17.8 Å². The molecule has 2 aliphatic carbocycles. The third-order valence-corrected chi connectivity index (χ3v) is 4.54. The summed E-state index contributed by atoms with van der Waals surface area (Å²) in [6, 6.07) is 0. The van der Waals surface area contributed by atoms with Gasteiger partial charge >= 0.3 is 0 Å². The second-order valence-electron chi connectivity index (χ2n) is 6.00. The van der Waals surface area contributed by atoms with E-state index in [1.54, 1.807) is 0 Å². The van der Waals surface area contributed by atoms with Crippen LogP contribution in [-0.4, -0.2) is 50.8 Å². The summed E-state index contributed by atoms with van der Waals surface area (Å²) in [6.45, 7) is 7.73. The van der Waals surface area contributed by atoms with Gasteiger partial charge in [-0.3, -0.25) is 4.90 Å². The average molecular weight is 238 g/mol. The van der Waals surface area contributed by atoms with Crippen molar-refractivity contribution in [1.29, 1.82) is 0 Å². The van der Waals surface area contributed by atoms with Gasteiger partial charge in [-0.15, -0.1) is 0 Å². The monoisotopic (exact) mass is 238 g/mol. The Morgan fingerprint density at radius 3 is 2.29 bits per heavy atom. The second kappa shape index (κ2) is 5.68. The zero-order valence-electron chi connectivity index (χ0n) is 10.9. The van der Waals surface area contributed by atoms with Crippen molar-refractivity contribution in [2.24, 2.45) is 17.8 Å². The van der Waals surface area contributed by atoms with Crippen LogP contribution in [0.4, 0.5) is 0 Å². The molecule has 0 aromatic heterocycles. The van der Waals surface area contributed by atoms with Crippen molar-refractivity contribution < 1.29 is 4.74 Å². The van der Waals surface area contributed by atoms with E-state index >= 15 is 0 Å². The number of rotatable bonds is 7. The number of nitrogens with zero attached hydrogens (tertiary/aromatic N) is 1. The molecule has 98 valence electrons. The summed E-state index contributed by atoms with van der Waals surface area (Å²) in [5.41, 5.74) is 0. The van der Waals surface area contributed by atoms with Crippen LogP contribution in [0.25, 0.3) is 0 Å². The lowest BCUT2D eigenvalue weighted by Gasteiger charge is -2.27. The summed E-state index contributed by atoms with van der Waals surface area (Å²) in [5.74, 6) is 3.18. The minimum absolute atomic E-state index is 0.923. The molecule has 3 nitrogen and oxygen atoms in total. The van der Waals surface area contributed by atoms with Gasteiger partial charge in [0.1, 0.15) is 0 Å². The van der Waals surface area contributed by atoms with Gasteiger partial charge in [0.15, 0.2) is 0 Å². The molecule has 1 N–H and O–H groups in total. The molecule has 3 fully saturated rings. The van der Waals surface area contributed by atoms with Gasteiger partial charge in [0.2, 0.25) is 0 Å². The van der Waals surface area contributed by atoms with E-state index in [9.17, 15) is 0 Å². The summed E-state index contributed by atoms with van der Waals surface area (Å²) in [6.07, 6.45) is 6.03. The van der Waals surface area contributed by atoms with Crippen molar-refractivity contribution in [1.82, 2.24) is 10.2 Å². The van der Waals surface area contributed by atoms with E-state index in [4.69, 9.17) is 4.74 Å². The van der Waals surface area contributed by atoms with Crippen LogP contribution < -0.4 is 5.32 Å². The van der Waals surface area contributed by atoms with E-state index < -0.39 is 0 Å². The van der Waals surface area contributed by atoms with E-state index in [0.29, 0.717) is 0 Å². The lowest BCUT2D eigenvalue weighted by atomic mass is 9.98. The minimum Gasteiger partial charge on any atom is -0.379 e. The maximum atomic E-state index is 5.36. The van der Waals surface area contributed by atoms with Gasteiger partial charge in [0.05, 0.1) is 13.2 Å². The third-order valence-electron chi connectivity index (χ3n) is 4.54. The highest BCUT2D eigenvalue weighted by atomic mass is 16.5. The quantitative estimate of drug-likeness (QED) is 0.678. The zero-order chi connectivity index (χ0) is 11.5. The van der Waals surface area contributed by atoms with Crippen LogP contribution in [0.15, 0.2) is 0 Å². The topological polar surface area (TPSA) is 24.5 Å². The second-order valence-corrected chi connectivity index (χ2v) is 6.00. The Kier molecular flexibility index (Phi) is 3.99. The summed E-state index contributed by atoms with van der Waals surface area (Å²) < 4.78 is 5.36. The van der Waals surface area contributed by atoms with E-state index in [-0.39, 0.29) is 0 Å². The van der Waals surface area contributed by atoms with E-state index in [0.717, 1.165) is 50.6 Å². The number of nitrogens with one attached hydrogen (secondary N) is 1. The van der Waals surface area contributed by atoms with Gasteiger partial charge in [-0.05, 0) is 50.0 Å². The van der Waals surface area contributed by atoms with E-state index in [2.05, 4.69) is 10.2 Å². The number of hydrogen-bond donors (Lipinski definition) is 1. The SMILES string of the molecule is C(CN1CCOCC1)NCC(C1CC1)C1CC1.